The van der Waals surface area contributed by atoms with E-state index in [1.165, 1.54) is 18.2 Å². The van der Waals surface area contributed by atoms with Gasteiger partial charge in [0.05, 0.1) is 16.1 Å². The molecule has 20 heavy (non-hydrogen) atoms. The molecule has 108 valence electrons. The molecule has 0 heterocycles. The smallest absolute Gasteiger partial charge is 0.270 e. The van der Waals surface area contributed by atoms with Crippen molar-refractivity contribution in [1.82, 2.24) is 5.32 Å². The minimum Gasteiger partial charge on any atom is -0.388 e. The molecular formula is C13H15IN2O4. The van der Waals surface area contributed by atoms with Gasteiger partial charge in [-0.1, -0.05) is 12.8 Å². The molecule has 0 radical (unpaired) electrons. The molecule has 0 saturated heterocycles. The fraction of sp³-hybridized carbons (Fsp3) is 0.462. The maximum absolute atomic E-state index is 12.1. The van der Waals surface area contributed by atoms with E-state index in [9.17, 15) is 20.0 Å². The number of carbonyl (C=O) groups excluding carboxylic acids is 1. The molecule has 0 aromatic heterocycles. The van der Waals surface area contributed by atoms with Crippen LogP contribution in [0, 0.1) is 13.7 Å². The molecule has 1 aromatic carbocycles. The Balaban J connectivity index is 2.08. The first-order valence-corrected chi connectivity index (χ1v) is 7.44. The fourth-order valence-corrected chi connectivity index (χ4v) is 2.93. The van der Waals surface area contributed by atoms with E-state index in [0.717, 1.165) is 12.8 Å². The van der Waals surface area contributed by atoms with E-state index in [-0.39, 0.29) is 17.8 Å². The van der Waals surface area contributed by atoms with Crippen molar-refractivity contribution in [2.24, 2.45) is 0 Å². The second kappa shape index (κ2) is 6.04. The number of nitrogens with zero attached hydrogens (tertiary/aromatic N) is 1. The molecule has 1 aliphatic rings. The zero-order chi connectivity index (χ0) is 14.8. The molecule has 1 amide bonds. The summed E-state index contributed by atoms with van der Waals surface area (Å²) in [4.78, 5) is 22.3. The highest BCUT2D eigenvalue weighted by Crippen LogP contribution is 2.28. The number of nitrogens with one attached hydrogen (secondary N) is 1. The molecule has 0 spiro atoms. The number of nitro groups is 1. The number of hydrogen-bond donors (Lipinski definition) is 2. The van der Waals surface area contributed by atoms with Crippen LogP contribution in [0.15, 0.2) is 18.2 Å². The Morgan fingerprint density at radius 2 is 2.10 bits per heavy atom. The SMILES string of the molecule is O=C(NCC1(O)CCCC1)c1cc([N+](=O)[O-])ccc1I. The molecule has 0 atom stereocenters. The maximum atomic E-state index is 12.1. The summed E-state index contributed by atoms with van der Waals surface area (Å²) in [6.45, 7) is 0.185. The molecule has 2 N–H and O–H groups in total. The molecule has 6 nitrogen and oxygen atoms in total. The standard InChI is InChI=1S/C13H15IN2O4/c14-11-4-3-9(16(19)20)7-10(11)12(17)15-8-13(18)5-1-2-6-13/h3-4,7,18H,1-2,5-6,8H2,(H,15,17). The monoisotopic (exact) mass is 390 g/mol. The third kappa shape index (κ3) is 3.45. The van der Waals surface area contributed by atoms with Gasteiger partial charge < -0.3 is 10.4 Å². The van der Waals surface area contributed by atoms with Crippen LogP contribution < -0.4 is 5.32 Å². The average molecular weight is 390 g/mol. The van der Waals surface area contributed by atoms with E-state index in [0.29, 0.717) is 16.4 Å². The Hall–Kier alpha value is -1.22. The minimum atomic E-state index is -0.832. The van der Waals surface area contributed by atoms with Gasteiger partial charge >= 0.3 is 0 Å². The quantitative estimate of drug-likeness (QED) is 0.469. The lowest BCUT2D eigenvalue weighted by atomic mass is 10.0. The number of carbonyl (C=O) groups is 1. The van der Waals surface area contributed by atoms with E-state index in [2.05, 4.69) is 5.32 Å². The van der Waals surface area contributed by atoms with Crippen LogP contribution in [0.1, 0.15) is 36.0 Å². The van der Waals surface area contributed by atoms with Crippen LogP contribution in [0.5, 0.6) is 0 Å². The number of non-ortho nitro benzene ring substituents is 1. The van der Waals surface area contributed by atoms with Crippen molar-refractivity contribution in [3.63, 3.8) is 0 Å². The lowest BCUT2D eigenvalue weighted by Gasteiger charge is -2.22. The fourth-order valence-electron chi connectivity index (χ4n) is 2.35. The van der Waals surface area contributed by atoms with Gasteiger partial charge in [-0.2, -0.15) is 0 Å². The van der Waals surface area contributed by atoms with Crippen molar-refractivity contribution in [2.45, 2.75) is 31.3 Å². The van der Waals surface area contributed by atoms with Gasteiger partial charge in [0, 0.05) is 22.2 Å². The average Bonchev–Trinajstić information content (AvgIpc) is 2.84. The summed E-state index contributed by atoms with van der Waals surface area (Å²) in [6.07, 6.45) is 3.28. The molecule has 1 aromatic rings. The largest absolute Gasteiger partial charge is 0.388 e. The summed E-state index contributed by atoms with van der Waals surface area (Å²) in [5.41, 5.74) is -0.682. The van der Waals surface area contributed by atoms with Gasteiger partial charge in [0.25, 0.3) is 11.6 Å². The summed E-state index contributed by atoms with van der Waals surface area (Å²) in [5, 5.41) is 23.6. The molecule has 0 bridgehead atoms. The number of rotatable bonds is 4. The maximum Gasteiger partial charge on any atom is 0.270 e. The van der Waals surface area contributed by atoms with E-state index >= 15 is 0 Å². The number of amides is 1. The minimum absolute atomic E-state index is 0.116. The predicted octanol–water partition coefficient (Wildman–Crippen LogP) is 2.23. The van der Waals surface area contributed by atoms with Crippen molar-refractivity contribution >= 4 is 34.2 Å². The van der Waals surface area contributed by atoms with Gasteiger partial charge in [0.2, 0.25) is 0 Å². The van der Waals surface area contributed by atoms with Crippen LogP contribution >= 0.6 is 22.6 Å². The summed E-state index contributed by atoms with van der Waals surface area (Å²) < 4.78 is 0.643. The number of nitro benzene ring substituents is 1. The van der Waals surface area contributed by atoms with Gasteiger partial charge in [0.15, 0.2) is 0 Å². The van der Waals surface area contributed by atoms with Crippen molar-refractivity contribution in [2.75, 3.05) is 6.54 Å². The molecule has 0 unspecified atom stereocenters. The topological polar surface area (TPSA) is 92.5 Å². The van der Waals surface area contributed by atoms with Gasteiger partial charge in [-0.05, 0) is 41.5 Å². The first-order chi connectivity index (χ1) is 9.41. The molecular weight excluding hydrogens is 375 g/mol. The first-order valence-electron chi connectivity index (χ1n) is 6.36. The van der Waals surface area contributed by atoms with Crippen LogP contribution in [0.3, 0.4) is 0 Å². The summed E-state index contributed by atoms with van der Waals surface area (Å²) in [5.74, 6) is -0.390. The van der Waals surface area contributed by atoms with E-state index < -0.39 is 16.4 Å². The lowest BCUT2D eigenvalue weighted by molar-refractivity contribution is -0.384. The third-order valence-electron chi connectivity index (χ3n) is 3.52. The molecule has 1 saturated carbocycles. The van der Waals surface area contributed by atoms with Crippen molar-refractivity contribution in [3.05, 3.63) is 37.4 Å². The summed E-state index contributed by atoms with van der Waals surface area (Å²) >= 11 is 1.96. The first kappa shape index (κ1) is 15.2. The van der Waals surface area contributed by atoms with Crippen LogP contribution in [-0.2, 0) is 0 Å². The third-order valence-corrected chi connectivity index (χ3v) is 4.46. The summed E-state index contributed by atoms with van der Waals surface area (Å²) in [6, 6.07) is 4.16. The highest BCUT2D eigenvalue weighted by atomic mass is 127. The molecule has 2 rings (SSSR count). The zero-order valence-corrected chi connectivity index (χ0v) is 12.9. The second-order valence-electron chi connectivity index (χ2n) is 5.04. The van der Waals surface area contributed by atoms with E-state index in [1.807, 2.05) is 22.6 Å². The van der Waals surface area contributed by atoms with Crippen molar-refractivity contribution in [3.8, 4) is 0 Å². The van der Waals surface area contributed by atoms with E-state index in [1.54, 1.807) is 0 Å². The molecule has 1 fully saturated rings. The molecule has 1 aliphatic carbocycles. The number of hydrogen-bond acceptors (Lipinski definition) is 4. The Morgan fingerprint density at radius 3 is 2.70 bits per heavy atom. The van der Waals surface area contributed by atoms with Crippen LogP contribution in [0.4, 0.5) is 5.69 Å². The highest BCUT2D eigenvalue weighted by molar-refractivity contribution is 14.1. The normalized spacial score (nSPS) is 16.9. The van der Waals surface area contributed by atoms with Crippen LogP contribution in [0.2, 0.25) is 0 Å². The van der Waals surface area contributed by atoms with Gasteiger partial charge in [-0.3, -0.25) is 14.9 Å². The second-order valence-corrected chi connectivity index (χ2v) is 6.20. The van der Waals surface area contributed by atoms with E-state index in [4.69, 9.17) is 0 Å². The van der Waals surface area contributed by atoms with Crippen LogP contribution in [-0.4, -0.2) is 28.1 Å². The number of halogens is 1. The number of aliphatic hydroxyl groups is 1. The zero-order valence-electron chi connectivity index (χ0n) is 10.8. The summed E-state index contributed by atoms with van der Waals surface area (Å²) in [7, 11) is 0. The molecule has 7 heteroatoms. The van der Waals surface area contributed by atoms with Gasteiger partial charge in [-0.25, -0.2) is 0 Å². The van der Waals surface area contributed by atoms with Crippen molar-refractivity contribution < 1.29 is 14.8 Å². The Labute approximate surface area is 129 Å². The Kier molecular flexibility index (Phi) is 4.59. The number of benzene rings is 1. The van der Waals surface area contributed by atoms with Crippen LogP contribution in [0.25, 0.3) is 0 Å². The van der Waals surface area contributed by atoms with Gasteiger partial charge in [-0.15, -0.1) is 0 Å². The Morgan fingerprint density at radius 1 is 1.45 bits per heavy atom. The Bertz CT molecular complexity index is 541. The highest BCUT2D eigenvalue weighted by Gasteiger charge is 2.31. The predicted molar refractivity (Wildman–Crippen MR) is 81.6 cm³/mol. The van der Waals surface area contributed by atoms with Gasteiger partial charge in [0.1, 0.15) is 0 Å². The molecule has 0 aliphatic heterocycles. The lowest BCUT2D eigenvalue weighted by Crippen LogP contribution is -2.41. The van der Waals surface area contributed by atoms with Crippen molar-refractivity contribution in [1.29, 1.82) is 0 Å².